The van der Waals surface area contributed by atoms with Crippen molar-refractivity contribution in [3.8, 4) is 11.5 Å². The zero-order valence-corrected chi connectivity index (χ0v) is 18.0. The molecule has 0 aromatic heterocycles. The molecule has 0 saturated carbocycles. The minimum Gasteiger partial charge on any atom is -0.497 e. The first kappa shape index (κ1) is 23.5. The quantitative estimate of drug-likeness (QED) is 0.402. The summed E-state index contributed by atoms with van der Waals surface area (Å²) in [6, 6.07) is 14.0. The van der Waals surface area contributed by atoms with Gasteiger partial charge in [0.25, 0.3) is 6.10 Å². The number of benzene rings is 2. The molecule has 2 aromatic rings. The third-order valence-electron chi connectivity index (χ3n) is 4.58. The van der Waals surface area contributed by atoms with Crippen molar-refractivity contribution in [2.45, 2.75) is 25.6 Å². The summed E-state index contributed by atoms with van der Waals surface area (Å²) < 4.78 is 37.0. The highest BCUT2D eigenvalue weighted by atomic mass is 16.7. The number of hydrogen-bond donors (Lipinski definition) is 0. The second-order valence-electron chi connectivity index (χ2n) is 6.80. The minimum atomic E-state index is -1.61. The van der Waals surface area contributed by atoms with E-state index >= 15 is 0 Å². The molecule has 172 valence electrons. The van der Waals surface area contributed by atoms with Crippen molar-refractivity contribution in [1.29, 1.82) is 0 Å². The summed E-state index contributed by atoms with van der Waals surface area (Å²) in [6.45, 7) is 0.703. The van der Waals surface area contributed by atoms with Crippen LogP contribution in [0.4, 0.5) is 0 Å². The molecule has 9 heteroatoms. The Kier molecular flexibility index (Phi) is 8.85. The van der Waals surface area contributed by atoms with E-state index in [1.807, 2.05) is 0 Å². The van der Waals surface area contributed by atoms with Gasteiger partial charge in [0.2, 0.25) is 0 Å². The molecule has 1 saturated heterocycles. The third-order valence-corrected chi connectivity index (χ3v) is 4.58. The van der Waals surface area contributed by atoms with Gasteiger partial charge >= 0.3 is 11.9 Å². The van der Waals surface area contributed by atoms with Gasteiger partial charge in [-0.1, -0.05) is 24.3 Å². The van der Waals surface area contributed by atoms with Crippen molar-refractivity contribution in [3.05, 3.63) is 59.7 Å². The normalized spacial score (nSPS) is 15.8. The molecule has 2 aromatic carbocycles. The highest BCUT2D eigenvalue weighted by Gasteiger charge is 2.35. The lowest BCUT2D eigenvalue weighted by Crippen LogP contribution is -2.42. The highest BCUT2D eigenvalue weighted by Crippen LogP contribution is 2.16. The van der Waals surface area contributed by atoms with E-state index in [2.05, 4.69) is 0 Å². The van der Waals surface area contributed by atoms with Gasteiger partial charge < -0.3 is 33.2 Å². The number of carbonyl (C=O) groups is 2. The molecule has 0 amide bonds. The van der Waals surface area contributed by atoms with Crippen LogP contribution in [0.2, 0.25) is 0 Å². The Balaban J connectivity index is 1.60. The van der Waals surface area contributed by atoms with Crippen molar-refractivity contribution >= 4 is 11.9 Å². The molecule has 9 nitrogen and oxygen atoms in total. The van der Waals surface area contributed by atoms with E-state index in [1.165, 1.54) is 0 Å². The number of carbonyl (C=O) groups excluding carboxylic acids is 2. The number of hydrogen-bond acceptors (Lipinski definition) is 9. The van der Waals surface area contributed by atoms with E-state index in [4.69, 9.17) is 33.2 Å². The van der Waals surface area contributed by atoms with Gasteiger partial charge in [-0.15, -0.1) is 0 Å². The summed E-state index contributed by atoms with van der Waals surface area (Å²) >= 11 is 0. The summed E-state index contributed by atoms with van der Waals surface area (Å²) in [6.07, 6.45) is -2.49. The highest BCUT2D eigenvalue weighted by molar-refractivity contribution is 5.98. The summed E-state index contributed by atoms with van der Waals surface area (Å²) in [5, 5.41) is 0. The van der Waals surface area contributed by atoms with Crippen LogP contribution < -0.4 is 9.47 Å². The van der Waals surface area contributed by atoms with Gasteiger partial charge in [-0.2, -0.15) is 0 Å². The van der Waals surface area contributed by atoms with Gasteiger partial charge in [0.05, 0.1) is 34.0 Å². The molecule has 0 aliphatic carbocycles. The van der Waals surface area contributed by atoms with Crippen LogP contribution in [0.3, 0.4) is 0 Å². The van der Waals surface area contributed by atoms with Crippen molar-refractivity contribution in [1.82, 2.24) is 0 Å². The molecule has 0 N–H and O–H groups in total. The molecule has 1 unspecified atom stereocenters. The van der Waals surface area contributed by atoms with Crippen LogP contribution in [0.1, 0.15) is 11.1 Å². The molecule has 1 heterocycles. The molecular weight excluding hydrogens is 420 g/mol. The number of methoxy groups -OCH3 is 2. The van der Waals surface area contributed by atoms with Crippen LogP contribution in [-0.2, 0) is 46.5 Å². The van der Waals surface area contributed by atoms with Crippen molar-refractivity contribution in [2.24, 2.45) is 0 Å². The zero-order chi connectivity index (χ0) is 22.8. The predicted octanol–water partition coefficient (Wildman–Crippen LogP) is 2.25. The summed E-state index contributed by atoms with van der Waals surface area (Å²) in [7, 11) is 3.12. The van der Waals surface area contributed by atoms with Gasteiger partial charge in [-0.3, -0.25) is 0 Å². The molecule has 1 aliphatic heterocycles. The second-order valence-corrected chi connectivity index (χ2v) is 6.80. The average molecular weight is 446 g/mol. The van der Waals surface area contributed by atoms with E-state index in [1.54, 1.807) is 62.8 Å². The SMILES string of the molecule is COc1ccc(COC(=O)C(OC2COCCO2)C(=O)OCc2ccc(OC)cc2)cc1. The summed E-state index contributed by atoms with van der Waals surface area (Å²) in [4.78, 5) is 25.3. The molecule has 3 rings (SSSR count). The number of rotatable bonds is 10. The fourth-order valence-corrected chi connectivity index (χ4v) is 2.81. The third kappa shape index (κ3) is 6.94. The lowest BCUT2D eigenvalue weighted by molar-refractivity contribution is -0.238. The Labute approximate surface area is 186 Å². The Morgan fingerprint density at radius 1 is 0.844 bits per heavy atom. The molecule has 0 radical (unpaired) electrons. The largest absolute Gasteiger partial charge is 0.497 e. The first-order chi connectivity index (χ1) is 15.6. The van der Waals surface area contributed by atoms with E-state index < -0.39 is 24.3 Å². The Morgan fingerprint density at radius 2 is 1.34 bits per heavy atom. The lowest BCUT2D eigenvalue weighted by Gasteiger charge is -2.26. The Morgan fingerprint density at radius 3 is 1.75 bits per heavy atom. The average Bonchev–Trinajstić information content (AvgIpc) is 2.85. The molecular formula is C23H26O9. The molecule has 0 spiro atoms. The van der Waals surface area contributed by atoms with Crippen LogP contribution in [0.25, 0.3) is 0 Å². The lowest BCUT2D eigenvalue weighted by atomic mass is 10.2. The zero-order valence-electron chi connectivity index (χ0n) is 18.0. The van der Waals surface area contributed by atoms with Gasteiger partial charge in [0.1, 0.15) is 24.7 Å². The van der Waals surface area contributed by atoms with Gasteiger partial charge in [-0.25, -0.2) is 9.59 Å². The Bertz CT molecular complexity index is 795. The summed E-state index contributed by atoms with van der Waals surface area (Å²) in [5.74, 6) is -0.403. The monoisotopic (exact) mass is 446 g/mol. The van der Waals surface area contributed by atoms with E-state index in [9.17, 15) is 9.59 Å². The van der Waals surface area contributed by atoms with Gasteiger partial charge in [-0.05, 0) is 35.4 Å². The number of ether oxygens (including phenoxy) is 7. The predicted molar refractivity (Wildman–Crippen MR) is 111 cm³/mol. The first-order valence-corrected chi connectivity index (χ1v) is 10.0. The fourth-order valence-electron chi connectivity index (χ4n) is 2.81. The van der Waals surface area contributed by atoms with Crippen LogP contribution >= 0.6 is 0 Å². The van der Waals surface area contributed by atoms with E-state index in [0.29, 0.717) is 24.7 Å². The number of esters is 2. The van der Waals surface area contributed by atoms with Gasteiger partial charge in [0, 0.05) is 0 Å². The van der Waals surface area contributed by atoms with E-state index in [-0.39, 0.29) is 19.8 Å². The molecule has 1 atom stereocenters. The van der Waals surface area contributed by atoms with Crippen molar-refractivity contribution in [3.63, 3.8) is 0 Å². The minimum absolute atomic E-state index is 0.0452. The maximum Gasteiger partial charge on any atom is 0.347 e. The summed E-state index contributed by atoms with van der Waals surface area (Å²) in [5.41, 5.74) is 1.45. The van der Waals surface area contributed by atoms with Gasteiger partial charge in [0.15, 0.2) is 6.29 Å². The topological polar surface area (TPSA) is 98.8 Å². The maximum atomic E-state index is 12.7. The smallest absolute Gasteiger partial charge is 0.347 e. The molecule has 0 bridgehead atoms. The van der Waals surface area contributed by atoms with E-state index in [0.717, 1.165) is 11.1 Å². The van der Waals surface area contributed by atoms with Crippen molar-refractivity contribution < 1.29 is 42.7 Å². The second kappa shape index (κ2) is 12.0. The first-order valence-electron chi connectivity index (χ1n) is 10.0. The Hall–Kier alpha value is -3.14. The molecule has 1 aliphatic rings. The van der Waals surface area contributed by atoms with Crippen molar-refractivity contribution in [2.75, 3.05) is 34.0 Å². The van der Waals surface area contributed by atoms with Crippen LogP contribution in [0.15, 0.2) is 48.5 Å². The van der Waals surface area contributed by atoms with Crippen LogP contribution in [0, 0.1) is 0 Å². The van der Waals surface area contributed by atoms with Crippen LogP contribution in [0.5, 0.6) is 11.5 Å². The molecule has 32 heavy (non-hydrogen) atoms. The van der Waals surface area contributed by atoms with Crippen LogP contribution in [-0.4, -0.2) is 58.4 Å². The fraction of sp³-hybridized carbons (Fsp3) is 0.391. The molecule has 1 fully saturated rings. The standard InChI is InChI=1S/C23H26O9/c1-26-18-7-3-16(4-8-18)13-30-22(24)21(32-20-15-28-11-12-29-20)23(25)31-14-17-5-9-19(27-2)10-6-17/h3-10,20-21H,11-15H2,1-2H3. The maximum absolute atomic E-state index is 12.7.